The third kappa shape index (κ3) is 15.8. The molecule has 7 rings (SSSR count). The van der Waals surface area contributed by atoms with Gasteiger partial charge in [0, 0.05) is 20.8 Å². The number of rotatable bonds is 22. The zero-order valence-electron chi connectivity index (χ0n) is 47.2. The van der Waals surface area contributed by atoms with Gasteiger partial charge < -0.3 is 175 Å². The maximum atomic E-state index is 12.7. The summed E-state index contributed by atoms with van der Waals surface area (Å²) in [5.41, 5.74) is 0. The Bertz CT molecular complexity index is 2180. The fourth-order valence-electron chi connectivity index (χ4n) is 11.3. The van der Waals surface area contributed by atoms with Crippen LogP contribution < -0.4 is 16.0 Å². The summed E-state index contributed by atoms with van der Waals surface area (Å²) in [6.45, 7) is -2.10. The Labute approximate surface area is 494 Å². The van der Waals surface area contributed by atoms with Gasteiger partial charge in [0.05, 0.1) is 58.4 Å². The summed E-state index contributed by atoms with van der Waals surface area (Å²) in [6.07, 6.45) is -60.6. The van der Waals surface area contributed by atoms with Crippen LogP contribution in [0, 0.1) is 0 Å². The van der Waals surface area contributed by atoms with E-state index >= 15 is 0 Å². The topological polar surface area (TPSA) is 592 Å². The number of carbonyl (C=O) groups excluding carboxylic acids is 3. The average Bonchev–Trinajstić information content (AvgIpc) is 3.58. The molecule has 7 fully saturated rings. The van der Waals surface area contributed by atoms with Crippen molar-refractivity contribution in [2.75, 3.05) is 46.2 Å². The summed E-state index contributed by atoms with van der Waals surface area (Å²) in [7, 11) is 0. The van der Waals surface area contributed by atoms with Crippen LogP contribution >= 0.6 is 0 Å². The van der Waals surface area contributed by atoms with E-state index in [4.69, 9.17) is 61.6 Å². The minimum Gasteiger partial charge on any atom is -0.394 e. The third-order valence-corrected chi connectivity index (χ3v) is 16.0. The van der Waals surface area contributed by atoms with Crippen LogP contribution in [-0.4, -0.2) is 376 Å². The largest absolute Gasteiger partial charge is 0.394 e. The Morgan fingerprint density at radius 3 is 1.03 bits per heavy atom. The summed E-state index contributed by atoms with van der Waals surface area (Å²) in [4.78, 5) is 37.5. The molecular weight excluding hydrogens is 1190 g/mol. The molecular formula is C49H83N3O35. The Morgan fingerprint density at radius 1 is 0.310 bits per heavy atom. The number of hydrogen-bond acceptors (Lipinski definition) is 35. The number of nitrogens with one attached hydrogen (secondary N) is 3. The zero-order valence-corrected chi connectivity index (χ0v) is 47.2. The molecule has 87 heavy (non-hydrogen) atoms. The fraction of sp³-hybridized carbons (Fsp3) is 0.939. The predicted octanol–water partition coefficient (Wildman–Crippen LogP) is -14.8. The van der Waals surface area contributed by atoms with Crippen molar-refractivity contribution in [2.45, 2.75) is 242 Å². The van der Waals surface area contributed by atoms with Crippen molar-refractivity contribution in [1.82, 2.24) is 16.0 Å². The molecule has 7 saturated heterocycles. The summed E-state index contributed by atoms with van der Waals surface area (Å²) < 4.78 is 76.2. The van der Waals surface area contributed by atoms with Crippen LogP contribution in [0.1, 0.15) is 27.7 Å². The highest BCUT2D eigenvalue weighted by Crippen LogP contribution is 2.37. The van der Waals surface area contributed by atoms with Crippen molar-refractivity contribution < 1.29 is 173 Å². The van der Waals surface area contributed by atoms with E-state index in [1.807, 2.05) is 0 Å². The number of aliphatic hydroxyl groups excluding tert-OH is 19. The molecule has 0 spiro atoms. The zero-order chi connectivity index (χ0) is 64.2. The van der Waals surface area contributed by atoms with E-state index in [0.717, 1.165) is 20.8 Å². The maximum Gasteiger partial charge on any atom is 0.217 e. The third-order valence-electron chi connectivity index (χ3n) is 16.0. The molecule has 504 valence electrons. The number of aliphatic hydroxyl groups is 19. The molecule has 0 saturated carbocycles. The van der Waals surface area contributed by atoms with Crippen molar-refractivity contribution >= 4 is 17.7 Å². The highest BCUT2D eigenvalue weighted by atomic mass is 16.8. The predicted molar refractivity (Wildman–Crippen MR) is 270 cm³/mol. The van der Waals surface area contributed by atoms with E-state index in [9.17, 15) is 111 Å². The highest BCUT2D eigenvalue weighted by Gasteiger charge is 2.58. The van der Waals surface area contributed by atoms with Crippen molar-refractivity contribution in [3.8, 4) is 0 Å². The molecule has 7 heterocycles. The summed E-state index contributed by atoms with van der Waals surface area (Å²) >= 11 is 0. The summed E-state index contributed by atoms with van der Waals surface area (Å²) in [5, 5.41) is 214. The first-order valence-corrected chi connectivity index (χ1v) is 27.9. The lowest BCUT2D eigenvalue weighted by atomic mass is 9.92. The molecule has 15 unspecified atom stereocenters. The van der Waals surface area contributed by atoms with E-state index < -0.39 is 279 Å². The van der Waals surface area contributed by atoms with E-state index in [2.05, 4.69) is 16.0 Å². The van der Waals surface area contributed by atoms with Crippen LogP contribution in [-0.2, 0) is 76.0 Å². The van der Waals surface area contributed by atoms with Gasteiger partial charge in [-0.1, -0.05) is 0 Å². The van der Waals surface area contributed by atoms with Gasteiger partial charge in [-0.2, -0.15) is 0 Å². The van der Waals surface area contributed by atoms with Crippen molar-refractivity contribution in [1.29, 1.82) is 0 Å². The van der Waals surface area contributed by atoms with Crippen LogP contribution in [0.4, 0.5) is 0 Å². The second kappa shape index (κ2) is 31.2. The Kier molecular flexibility index (Phi) is 25.6. The van der Waals surface area contributed by atoms with Gasteiger partial charge in [-0.3, -0.25) is 14.4 Å². The van der Waals surface area contributed by atoms with E-state index in [0.29, 0.717) is 0 Å². The van der Waals surface area contributed by atoms with Crippen molar-refractivity contribution in [2.24, 2.45) is 0 Å². The van der Waals surface area contributed by atoms with Crippen LogP contribution in [0.25, 0.3) is 0 Å². The number of carbonyl (C=O) groups is 3. The smallest absolute Gasteiger partial charge is 0.217 e. The standard InChI is InChI=1S/C49H83N3O35/c1-12-23(50-13(2)59)30(66)39(19(8-56)76-12)83-44-24(51-14(3)60)31(67)41(21(10-58)80-44)85-48-38(74)42(86-47-37(73)34(70)27(63)17(6-54)78-47)29(65)22(82-48)11-75-49-43(35(71)28(64)18(7-55)79-49)87-45-25(52-15(4)61)32(68)40(20(9-57)81-45)84-46-36(72)33(69)26(62)16(5-53)77-46/h12,16-49,53-58,62-74H,5-11H2,1-4H3,(H,50,59)(H,51,60)(H,52,61)/t12-,16?,17?,18?,19?,20-,21?,22?,23?,24?,25?,26-,27+,28+,29+,30+,31+,32?,33-,34?,35-,36?,37?,38?,39+,40+,41+,42-,43?,44-,45-,46-,47+,48-,49-/m0/s1. The molecule has 0 aromatic carbocycles. The van der Waals surface area contributed by atoms with Gasteiger partial charge in [0.25, 0.3) is 0 Å². The highest BCUT2D eigenvalue weighted by molar-refractivity contribution is 5.74. The van der Waals surface area contributed by atoms with Gasteiger partial charge in [-0.15, -0.1) is 0 Å². The van der Waals surface area contributed by atoms with Crippen LogP contribution in [0.5, 0.6) is 0 Å². The van der Waals surface area contributed by atoms with Crippen LogP contribution in [0.2, 0.25) is 0 Å². The summed E-state index contributed by atoms with van der Waals surface area (Å²) in [5.74, 6) is -2.27. The molecule has 7 aliphatic heterocycles. The second-order valence-electron chi connectivity index (χ2n) is 22.1. The molecule has 38 heteroatoms. The van der Waals surface area contributed by atoms with Crippen LogP contribution in [0.3, 0.4) is 0 Å². The molecule has 7 aliphatic rings. The van der Waals surface area contributed by atoms with Gasteiger partial charge >= 0.3 is 0 Å². The molecule has 0 bridgehead atoms. The molecule has 0 aliphatic carbocycles. The Hall–Kier alpha value is -2.87. The SMILES string of the molecule is CC(=O)NC1C(O)[C@H](O[C@@H]2OC(CO)[C@H](O)[C@H](O)C2O)[C@H](CO)O[C@H]1OC1[C@@H](OCC2O[C@@H](O[C@@H]3C(CO)O[C@@H](O[C@@H]4C(CO)O[C@@H](C)C(NC(C)=O)[C@H]4O)C(NC(C)=O)[C@H]3O)C(O)[C@@H](O[C@H]3OC(CO)[C@@H](O)C(O)C3O)[C@@H]2O)OC(CO)[C@@H](O)[C@@H]1O. The van der Waals surface area contributed by atoms with Crippen molar-refractivity contribution in [3.05, 3.63) is 0 Å². The first kappa shape index (κ1) is 71.6. The van der Waals surface area contributed by atoms with E-state index in [1.165, 1.54) is 6.92 Å². The number of ether oxygens (including phenoxy) is 13. The molecule has 38 nitrogen and oxygen atoms in total. The van der Waals surface area contributed by atoms with Gasteiger partial charge in [-0.05, 0) is 6.92 Å². The molecule has 35 atom stereocenters. The normalized spacial score (nSPS) is 48.9. The minimum atomic E-state index is -2.32. The first-order chi connectivity index (χ1) is 41.1. The van der Waals surface area contributed by atoms with E-state index in [-0.39, 0.29) is 0 Å². The molecule has 22 N–H and O–H groups in total. The fourth-order valence-corrected chi connectivity index (χ4v) is 11.3. The van der Waals surface area contributed by atoms with Gasteiger partial charge in [0.1, 0.15) is 165 Å². The quantitative estimate of drug-likeness (QED) is 0.0479. The maximum absolute atomic E-state index is 12.7. The first-order valence-electron chi connectivity index (χ1n) is 27.9. The molecule has 3 amide bonds. The summed E-state index contributed by atoms with van der Waals surface area (Å²) in [6, 6.07) is -4.66. The Balaban J connectivity index is 1.17. The molecule has 0 aromatic rings. The van der Waals surface area contributed by atoms with Gasteiger partial charge in [0.2, 0.25) is 17.7 Å². The molecule has 0 radical (unpaired) electrons. The molecule has 0 aromatic heterocycles. The minimum absolute atomic E-state index is 0.578. The monoisotopic (exact) mass is 1270 g/mol. The van der Waals surface area contributed by atoms with Gasteiger partial charge in [0.15, 0.2) is 37.7 Å². The number of hydrogen-bond donors (Lipinski definition) is 22. The van der Waals surface area contributed by atoms with Crippen molar-refractivity contribution in [3.63, 3.8) is 0 Å². The Morgan fingerprint density at radius 2 is 0.621 bits per heavy atom. The van der Waals surface area contributed by atoms with E-state index in [1.54, 1.807) is 0 Å². The lowest BCUT2D eigenvalue weighted by Crippen LogP contribution is -2.70. The number of amides is 3. The van der Waals surface area contributed by atoms with Crippen LogP contribution in [0.15, 0.2) is 0 Å². The van der Waals surface area contributed by atoms with Gasteiger partial charge in [-0.25, -0.2) is 0 Å². The lowest BCUT2D eigenvalue weighted by molar-refractivity contribution is -0.388. The average molecular weight is 1270 g/mol. The second-order valence-corrected chi connectivity index (χ2v) is 22.1. The lowest BCUT2D eigenvalue weighted by Gasteiger charge is -2.50.